The van der Waals surface area contributed by atoms with E-state index < -0.39 is 29.8 Å². The number of benzene rings is 2. The van der Waals surface area contributed by atoms with E-state index in [1.165, 1.54) is 42.1 Å². The second-order valence-electron chi connectivity index (χ2n) is 10.0. The normalized spacial score (nSPS) is 15.4. The first-order valence-corrected chi connectivity index (χ1v) is 13.5. The maximum atomic E-state index is 13.5. The molecule has 0 saturated carbocycles. The SMILES string of the molecule is O=C(NC[C@@H](C(=O)O)N1CCN(Cc2ccccc2)CC1)c1ccc(OCc2c(C(F)(F)F)nn3ccccc23)cc1. The number of carboxylic acid groups (broad SMARTS) is 1. The van der Waals surface area contributed by atoms with Crippen LogP contribution in [0.25, 0.3) is 5.52 Å². The van der Waals surface area contributed by atoms with Crippen molar-refractivity contribution in [2.24, 2.45) is 0 Å². The Balaban J connectivity index is 1.14. The monoisotopic (exact) mass is 581 g/mol. The Labute approximate surface area is 240 Å². The Bertz CT molecular complexity index is 1520. The van der Waals surface area contributed by atoms with Crippen molar-refractivity contribution in [3.8, 4) is 5.75 Å². The zero-order valence-corrected chi connectivity index (χ0v) is 22.6. The number of ether oxygens (including phenoxy) is 1. The fourth-order valence-corrected chi connectivity index (χ4v) is 5.02. The Kier molecular flexibility index (Phi) is 8.74. The number of carbonyl (C=O) groups excluding carboxylic acids is 1. The van der Waals surface area contributed by atoms with Gasteiger partial charge in [-0.05, 0) is 42.0 Å². The Morgan fingerprint density at radius 1 is 0.952 bits per heavy atom. The van der Waals surface area contributed by atoms with Gasteiger partial charge in [-0.2, -0.15) is 18.3 Å². The van der Waals surface area contributed by atoms with Gasteiger partial charge in [-0.15, -0.1) is 0 Å². The van der Waals surface area contributed by atoms with Gasteiger partial charge in [0.1, 0.15) is 18.4 Å². The molecule has 1 saturated heterocycles. The van der Waals surface area contributed by atoms with E-state index in [9.17, 15) is 27.9 Å². The van der Waals surface area contributed by atoms with Crippen LogP contribution >= 0.6 is 0 Å². The molecule has 1 aliphatic heterocycles. The third kappa shape index (κ3) is 6.89. The maximum absolute atomic E-state index is 13.5. The van der Waals surface area contributed by atoms with Crippen molar-refractivity contribution in [1.82, 2.24) is 24.7 Å². The fourth-order valence-electron chi connectivity index (χ4n) is 5.02. The molecule has 9 nitrogen and oxygen atoms in total. The minimum absolute atomic E-state index is 0.0694. The molecule has 0 bridgehead atoms. The van der Waals surface area contributed by atoms with Gasteiger partial charge in [0.2, 0.25) is 0 Å². The van der Waals surface area contributed by atoms with Gasteiger partial charge < -0.3 is 15.2 Å². The molecule has 1 aliphatic rings. The molecule has 5 rings (SSSR count). The summed E-state index contributed by atoms with van der Waals surface area (Å²) in [6, 6.07) is 19.9. The minimum atomic E-state index is -4.64. The summed E-state index contributed by atoms with van der Waals surface area (Å²) >= 11 is 0. The second-order valence-corrected chi connectivity index (χ2v) is 10.0. The number of nitrogens with zero attached hydrogens (tertiary/aromatic N) is 4. The van der Waals surface area contributed by atoms with Crippen LogP contribution in [0.5, 0.6) is 5.75 Å². The molecule has 12 heteroatoms. The number of fused-ring (bicyclic) bond motifs is 1. The van der Waals surface area contributed by atoms with Crippen LogP contribution in [0.15, 0.2) is 79.0 Å². The molecule has 42 heavy (non-hydrogen) atoms. The van der Waals surface area contributed by atoms with Crippen molar-refractivity contribution in [3.63, 3.8) is 0 Å². The average molecular weight is 582 g/mol. The summed E-state index contributed by atoms with van der Waals surface area (Å²) in [5.41, 5.74) is 0.643. The molecule has 2 N–H and O–H groups in total. The number of piperazine rings is 1. The summed E-state index contributed by atoms with van der Waals surface area (Å²) in [6.07, 6.45) is -3.21. The lowest BCUT2D eigenvalue weighted by Crippen LogP contribution is -2.55. The van der Waals surface area contributed by atoms with E-state index in [0.717, 1.165) is 11.1 Å². The zero-order valence-electron chi connectivity index (χ0n) is 22.6. The Hall–Kier alpha value is -4.42. The van der Waals surface area contributed by atoms with Crippen LogP contribution < -0.4 is 10.1 Å². The Morgan fingerprint density at radius 3 is 2.31 bits per heavy atom. The molecule has 220 valence electrons. The highest BCUT2D eigenvalue weighted by Gasteiger charge is 2.38. The Morgan fingerprint density at radius 2 is 1.64 bits per heavy atom. The topological polar surface area (TPSA) is 99.4 Å². The highest BCUT2D eigenvalue weighted by Crippen LogP contribution is 2.33. The molecule has 2 aromatic carbocycles. The van der Waals surface area contributed by atoms with Crippen LogP contribution in [0.4, 0.5) is 13.2 Å². The summed E-state index contributed by atoms with van der Waals surface area (Å²) < 4.78 is 47.4. The molecule has 2 aromatic heterocycles. The van der Waals surface area contributed by atoms with E-state index >= 15 is 0 Å². The predicted octanol–water partition coefficient (Wildman–Crippen LogP) is 3.93. The number of alkyl halides is 3. The van der Waals surface area contributed by atoms with Crippen molar-refractivity contribution in [1.29, 1.82) is 0 Å². The summed E-state index contributed by atoms with van der Waals surface area (Å²) in [7, 11) is 0. The molecule has 1 amide bonds. The largest absolute Gasteiger partial charge is 0.489 e. The van der Waals surface area contributed by atoms with Crippen molar-refractivity contribution in [2.75, 3.05) is 32.7 Å². The number of aromatic nitrogens is 2. The van der Waals surface area contributed by atoms with Gasteiger partial charge in [-0.25, -0.2) is 4.52 Å². The number of carboxylic acids is 1. The van der Waals surface area contributed by atoms with Crippen LogP contribution in [-0.2, 0) is 24.1 Å². The summed E-state index contributed by atoms with van der Waals surface area (Å²) in [6.45, 7) is 2.92. The van der Waals surface area contributed by atoms with Crippen LogP contribution in [0.3, 0.4) is 0 Å². The molecule has 0 aliphatic carbocycles. The van der Waals surface area contributed by atoms with Gasteiger partial charge in [-0.3, -0.25) is 19.4 Å². The molecule has 1 atom stereocenters. The highest BCUT2D eigenvalue weighted by molar-refractivity contribution is 5.94. The fraction of sp³-hybridized carbons (Fsp3) is 0.300. The quantitative estimate of drug-likeness (QED) is 0.293. The molecule has 3 heterocycles. The van der Waals surface area contributed by atoms with Crippen molar-refractivity contribution in [3.05, 3.63) is 101 Å². The number of hydrogen-bond donors (Lipinski definition) is 2. The molecule has 0 spiro atoms. The van der Waals surface area contributed by atoms with Gasteiger partial charge in [0.25, 0.3) is 5.91 Å². The van der Waals surface area contributed by atoms with Crippen molar-refractivity contribution in [2.45, 2.75) is 25.4 Å². The van der Waals surface area contributed by atoms with Crippen molar-refractivity contribution < 1.29 is 32.6 Å². The van der Waals surface area contributed by atoms with Crippen LogP contribution in [-0.4, -0.2) is 75.2 Å². The van der Waals surface area contributed by atoms with Gasteiger partial charge in [-0.1, -0.05) is 36.4 Å². The molecular weight excluding hydrogens is 551 g/mol. The number of amides is 1. The summed E-state index contributed by atoms with van der Waals surface area (Å²) in [5.74, 6) is -1.20. The molecule has 0 unspecified atom stereocenters. The van der Waals surface area contributed by atoms with Crippen LogP contribution in [0.2, 0.25) is 0 Å². The summed E-state index contributed by atoms with van der Waals surface area (Å²) in [5, 5.41) is 16.2. The lowest BCUT2D eigenvalue weighted by Gasteiger charge is -2.37. The van der Waals surface area contributed by atoms with Crippen molar-refractivity contribution >= 4 is 17.4 Å². The third-order valence-electron chi connectivity index (χ3n) is 7.25. The van der Waals surface area contributed by atoms with E-state index in [1.54, 1.807) is 12.1 Å². The first kappa shape index (κ1) is 29.1. The van der Waals surface area contributed by atoms with Crippen LogP contribution in [0.1, 0.15) is 27.2 Å². The number of rotatable bonds is 10. The minimum Gasteiger partial charge on any atom is -0.489 e. The summed E-state index contributed by atoms with van der Waals surface area (Å²) in [4.78, 5) is 28.9. The zero-order chi connectivity index (χ0) is 29.7. The second kappa shape index (κ2) is 12.6. The van der Waals surface area contributed by atoms with Gasteiger partial charge in [0, 0.05) is 56.6 Å². The first-order chi connectivity index (χ1) is 20.2. The molecule has 0 radical (unpaired) electrons. The average Bonchev–Trinajstić information content (AvgIpc) is 3.37. The van der Waals surface area contributed by atoms with Crippen LogP contribution in [0, 0.1) is 0 Å². The molecular formula is C30H30F3N5O4. The van der Waals surface area contributed by atoms with E-state index in [0.29, 0.717) is 26.2 Å². The standard InChI is InChI=1S/C30H30F3N5O4/c31-30(32,33)27-24(25-8-4-5-13-38(25)35-27)20-42-23-11-9-22(10-12-23)28(39)34-18-26(29(40)41)37-16-14-36(15-17-37)19-21-6-2-1-3-7-21/h1-13,26H,14-20H2,(H,34,39)(H,40,41)/t26-/m0/s1. The van der Waals surface area contributed by atoms with Gasteiger partial charge in [0.05, 0.1) is 5.52 Å². The number of carbonyl (C=O) groups is 2. The van der Waals surface area contributed by atoms with E-state index in [1.807, 2.05) is 23.1 Å². The first-order valence-electron chi connectivity index (χ1n) is 13.5. The number of halogens is 3. The predicted molar refractivity (Wildman–Crippen MR) is 148 cm³/mol. The maximum Gasteiger partial charge on any atom is 0.435 e. The highest BCUT2D eigenvalue weighted by atomic mass is 19.4. The lowest BCUT2D eigenvalue weighted by atomic mass is 10.1. The number of hydrogen-bond acceptors (Lipinski definition) is 6. The third-order valence-corrected chi connectivity index (χ3v) is 7.25. The molecule has 1 fully saturated rings. The molecule has 4 aromatic rings. The van der Waals surface area contributed by atoms with E-state index in [4.69, 9.17) is 4.74 Å². The smallest absolute Gasteiger partial charge is 0.435 e. The van der Waals surface area contributed by atoms with E-state index in [-0.39, 0.29) is 35.5 Å². The number of nitrogens with one attached hydrogen (secondary N) is 1. The number of pyridine rings is 1. The number of aliphatic carboxylic acids is 1. The van der Waals surface area contributed by atoms with Gasteiger partial charge in [0.15, 0.2) is 5.69 Å². The lowest BCUT2D eigenvalue weighted by molar-refractivity contribution is -0.144. The van der Waals surface area contributed by atoms with E-state index in [2.05, 4.69) is 27.4 Å². The van der Waals surface area contributed by atoms with Gasteiger partial charge >= 0.3 is 12.1 Å².